The zero-order chi connectivity index (χ0) is 14.8. The van der Waals surface area contributed by atoms with Gasteiger partial charge >= 0.3 is 5.97 Å². The summed E-state index contributed by atoms with van der Waals surface area (Å²) in [5.74, 6) is -0.492. The fourth-order valence-corrected chi connectivity index (χ4v) is 3.76. The molecule has 0 radical (unpaired) electrons. The average molecular weight is 335 g/mol. The van der Waals surface area contributed by atoms with Gasteiger partial charge in [-0.2, -0.15) is 4.31 Å². The summed E-state index contributed by atoms with van der Waals surface area (Å²) in [5.41, 5.74) is 6.14. The lowest BCUT2D eigenvalue weighted by molar-refractivity contribution is 0.0600. The third kappa shape index (κ3) is 3.94. The number of benzene rings is 1. The summed E-state index contributed by atoms with van der Waals surface area (Å²) in [7, 11) is -2.26. The SMILES string of the molecule is COC(=O)c1ccc(S(=O)(=O)N2CCCC(N)C2)cc1.Cl. The maximum absolute atomic E-state index is 12.4. The molecular weight excluding hydrogens is 316 g/mol. The van der Waals surface area contributed by atoms with Crippen molar-refractivity contribution in [2.45, 2.75) is 23.8 Å². The van der Waals surface area contributed by atoms with Crippen molar-refractivity contribution in [1.82, 2.24) is 4.31 Å². The maximum Gasteiger partial charge on any atom is 0.337 e. The largest absolute Gasteiger partial charge is 0.465 e. The number of rotatable bonds is 3. The zero-order valence-electron chi connectivity index (χ0n) is 11.7. The molecule has 0 spiro atoms. The molecule has 1 heterocycles. The Labute approximate surface area is 130 Å². The van der Waals surface area contributed by atoms with E-state index in [1.807, 2.05) is 0 Å². The minimum absolute atomic E-state index is 0. The highest BCUT2D eigenvalue weighted by Crippen LogP contribution is 2.20. The number of carbonyl (C=O) groups is 1. The molecule has 1 aliphatic rings. The van der Waals surface area contributed by atoms with Crippen molar-refractivity contribution in [1.29, 1.82) is 0 Å². The first-order valence-electron chi connectivity index (χ1n) is 6.39. The molecule has 1 unspecified atom stereocenters. The van der Waals surface area contributed by atoms with E-state index in [9.17, 15) is 13.2 Å². The van der Waals surface area contributed by atoms with Gasteiger partial charge in [-0.3, -0.25) is 0 Å². The Morgan fingerprint density at radius 1 is 1.33 bits per heavy atom. The van der Waals surface area contributed by atoms with Gasteiger partial charge in [0.2, 0.25) is 10.0 Å². The summed E-state index contributed by atoms with van der Waals surface area (Å²) in [6, 6.07) is 5.61. The van der Waals surface area contributed by atoms with Crippen LogP contribution in [0.15, 0.2) is 29.2 Å². The molecule has 6 nitrogen and oxygen atoms in total. The van der Waals surface area contributed by atoms with Gasteiger partial charge in [0.1, 0.15) is 0 Å². The van der Waals surface area contributed by atoms with E-state index in [4.69, 9.17) is 5.73 Å². The maximum atomic E-state index is 12.4. The van der Waals surface area contributed by atoms with Gasteiger partial charge in [0.25, 0.3) is 0 Å². The Morgan fingerprint density at radius 3 is 2.48 bits per heavy atom. The molecule has 118 valence electrons. The van der Waals surface area contributed by atoms with Crippen LogP contribution in [0.5, 0.6) is 0 Å². The van der Waals surface area contributed by atoms with Crippen molar-refractivity contribution in [3.8, 4) is 0 Å². The lowest BCUT2D eigenvalue weighted by atomic mass is 10.1. The topological polar surface area (TPSA) is 89.7 Å². The highest BCUT2D eigenvalue weighted by molar-refractivity contribution is 7.89. The van der Waals surface area contributed by atoms with E-state index < -0.39 is 16.0 Å². The Morgan fingerprint density at radius 2 is 1.95 bits per heavy atom. The molecule has 0 bridgehead atoms. The second-order valence-corrected chi connectivity index (χ2v) is 6.72. The lowest BCUT2D eigenvalue weighted by Gasteiger charge is -2.29. The molecule has 2 N–H and O–H groups in total. The van der Waals surface area contributed by atoms with Crippen LogP contribution in [0.25, 0.3) is 0 Å². The van der Waals surface area contributed by atoms with Gasteiger partial charge in [0.05, 0.1) is 17.6 Å². The van der Waals surface area contributed by atoms with E-state index in [1.165, 1.54) is 35.7 Å². The van der Waals surface area contributed by atoms with E-state index in [0.29, 0.717) is 18.7 Å². The van der Waals surface area contributed by atoms with Crippen molar-refractivity contribution in [3.63, 3.8) is 0 Å². The minimum atomic E-state index is -3.54. The monoisotopic (exact) mass is 334 g/mol. The highest BCUT2D eigenvalue weighted by atomic mass is 35.5. The van der Waals surface area contributed by atoms with Crippen molar-refractivity contribution < 1.29 is 17.9 Å². The van der Waals surface area contributed by atoms with E-state index in [1.54, 1.807) is 0 Å². The molecule has 8 heteroatoms. The van der Waals surface area contributed by atoms with Crippen molar-refractivity contribution >= 4 is 28.4 Å². The molecule has 1 aliphatic heterocycles. The summed E-state index contributed by atoms with van der Waals surface area (Å²) < 4.78 is 30.8. The van der Waals surface area contributed by atoms with Crippen LogP contribution in [-0.2, 0) is 14.8 Å². The van der Waals surface area contributed by atoms with E-state index in [0.717, 1.165) is 12.8 Å². The van der Waals surface area contributed by atoms with Gasteiger partial charge < -0.3 is 10.5 Å². The highest BCUT2D eigenvalue weighted by Gasteiger charge is 2.28. The Balaban J connectivity index is 0.00000220. The molecule has 1 fully saturated rings. The summed E-state index contributed by atoms with van der Waals surface area (Å²) in [6.45, 7) is 0.815. The minimum Gasteiger partial charge on any atom is -0.465 e. The summed E-state index contributed by atoms with van der Waals surface area (Å²) in [5, 5.41) is 0. The molecule has 1 aromatic rings. The number of esters is 1. The Kier molecular flexibility index (Phi) is 6.15. The van der Waals surface area contributed by atoms with Crippen molar-refractivity contribution in [2.24, 2.45) is 5.73 Å². The predicted molar refractivity (Wildman–Crippen MR) is 81.0 cm³/mol. The number of nitrogens with zero attached hydrogens (tertiary/aromatic N) is 1. The number of nitrogens with two attached hydrogens (primary N) is 1. The third-order valence-corrected chi connectivity index (χ3v) is 5.21. The molecule has 0 aromatic heterocycles. The van der Waals surface area contributed by atoms with E-state index >= 15 is 0 Å². The zero-order valence-corrected chi connectivity index (χ0v) is 13.3. The number of hydrogen-bond acceptors (Lipinski definition) is 5. The van der Waals surface area contributed by atoms with Gasteiger partial charge in [-0.1, -0.05) is 0 Å². The fraction of sp³-hybridized carbons (Fsp3) is 0.462. The molecule has 0 saturated carbocycles. The first kappa shape index (κ1) is 17.9. The molecule has 21 heavy (non-hydrogen) atoms. The number of ether oxygens (including phenoxy) is 1. The van der Waals surface area contributed by atoms with Crippen LogP contribution in [0.2, 0.25) is 0 Å². The molecular formula is C13H19ClN2O4S. The molecule has 0 amide bonds. The van der Waals surface area contributed by atoms with Crippen LogP contribution in [0.1, 0.15) is 23.2 Å². The summed E-state index contributed by atoms with van der Waals surface area (Å²) in [6.07, 6.45) is 1.61. The van der Waals surface area contributed by atoms with Crippen LogP contribution < -0.4 is 5.73 Å². The molecule has 0 aliphatic carbocycles. The Bertz CT molecular complexity index is 589. The molecule has 1 atom stereocenters. The first-order valence-corrected chi connectivity index (χ1v) is 7.83. The second kappa shape index (κ2) is 7.22. The van der Waals surface area contributed by atoms with Gasteiger partial charge in [0.15, 0.2) is 0 Å². The van der Waals surface area contributed by atoms with Crippen LogP contribution in [0, 0.1) is 0 Å². The number of hydrogen-bond donors (Lipinski definition) is 1. The van der Waals surface area contributed by atoms with Crippen LogP contribution in [0.3, 0.4) is 0 Å². The smallest absolute Gasteiger partial charge is 0.337 e. The van der Waals surface area contributed by atoms with Crippen LogP contribution >= 0.6 is 12.4 Å². The van der Waals surface area contributed by atoms with Gasteiger partial charge in [0, 0.05) is 19.1 Å². The van der Waals surface area contributed by atoms with Crippen LogP contribution in [-0.4, -0.2) is 44.9 Å². The molecule has 1 saturated heterocycles. The number of halogens is 1. The van der Waals surface area contributed by atoms with Crippen molar-refractivity contribution in [3.05, 3.63) is 29.8 Å². The number of piperidine rings is 1. The van der Waals surface area contributed by atoms with Gasteiger partial charge in [-0.25, -0.2) is 13.2 Å². The Hall–Kier alpha value is -1.15. The summed E-state index contributed by atoms with van der Waals surface area (Å²) >= 11 is 0. The fourth-order valence-electron chi connectivity index (χ4n) is 2.22. The van der Waals surface area contributed by atoms with E-state index in [-0.39, 0.29) is 23.3 Å². The lowest BCUT2D eigenvalue weighted by Crippen LogP contribution is -2.45. The molecule has 2 rings (SSSR count). The quantitative estimate of drug-likeness (QED) is 0.833. The standard InChI is InChI=1S/C13H18N2O4S.ClH/c1-19-13(16)10-4-6-12(7-5-10)20(17,18)15-8-2-3-11(14)9-15;/h4-7,11H,2-3,8-9,14H2,1H3;1H. The second-order valence-electron chi connectivity index (χ2n) is 4.78. The van der Waals surface area contributed by atoms with Crippen LogP contribution in [0.4, 0.5) is 0 Å². The number of carbonyl (C=O) groups excluding carboxylic acids is 1. The third-order valence-electron chi connectivity index (χ3n) is 3.33. The van der Waals surface area contributed by atoms with Gasteiger partial charge in [-0.15, -0.1) is 12.4 Å². The molecule has 1 aromatic carbocycles. The van der Waals surface area contributed by atoms with Gasteiger partial charge in [-0.05, 0) is 37.1 Å². The van der Waals surface area contributed by atoms with E-state index in [2.05, 4.69) is 4.74 Å². The first-order chi connectivity index (χ1) is 9.45. The average Bonchev–Trinajstić information content (AvgIpc) is 2.46. The summed E-state index contributed by atoms with van der Waals surface area (Å²) in [4.78, 5) is 11.5. The number of sulfonamides is 1. The van der Waals surface area contributed by atoms with Crippen molar-refractivity contribution in [2.75, 3.05) is 20.2 Å². The predicted octanol–water partition coefficient (Wildman–Crippen LogP) is 1.01. The normalized spacial score (nSPS) is 19.6. The number of methoxy groups -OCH3 is 1.